The predicted molar refractivity (Wildman–Crippen MR) is 127 cm³/mol. The monoisotopic (exact) mass is 452 g/mol. The van der Waals surface area contributed by atoms with Gasteiger partial charge in [-0.1, -0.05) is 49.4 Å². The van der Waals surface area contributed by atoms with Crippen molar-refractivity contribution in [3.63, 3.8) is 0 Å². The number of ether oxygens (including phenoxy) is 2. The Bertz CT molecular complexity index is 1010. The van der Waals surface area contributed by atoms with Gasteiger partial charge in [-0.05, 0) is 24.6 Å². The zero-order chi connectivity index (χ0) is 22.7. The van der Waals surface area contributed by atoms with Crippen LogP contribution in [0, 0.1) is 6.92 Å². The van der Waals surface area contributed by atoms with Crippen molar-refractivity contribution in [1.82, 2.24) is 9.80 Å². The Kier molecular flexibility index (Phi) is 7.89. The van der Waals surface area contributed by atoms with E-state index in [4.69, 9.17) is 9.47 Å². The van der Waals surface area contributed by atoms with Gasteiger partial charge in [-0.2, -0.15) is 0 Å². The minimum atomic E-state index is -0.664. The first-order chi connectivity index (χ1) is 15.5. The maximum absolute atomic E-state index is 13.1. The van der Waals surface area contributed by atoms with E-state index in [1.165, 1.54) is 0 Å². The standard InChI is InChI=1S/C25H28N2O5.CH4/c1-17-3-5-19(6-4-17)23(28)21-22(18-7-9-20(31-2)10-8-18)27(25(30)24(21)29)12-11-26-13-15-32-16-14-26;/h3-10,22,28H,11-16H2,1-2H3;1H4. The molecule has 2 aromatic carbocycles. The fourth-order valence-electron chi connectivity index (χ4n) is 4.18. The summed E-state index contributed by atoms with van der Waals surface area (Å²) in [6.45, 7) is 5.87. The van der Waals surface area contributed by atoms with Crippen LogP contribution in [0.1, 0.15) is 30.2 Å². The molecule has 1 unspecified atom stereocenters. The summed E-state index contributed by atoms with van der Waals surface area (Å²) < 4.78 is 10.7. The lowest BCUT2D eigenvalue weighted by molar-refractivity contribution is -0.140. The van der Waals surface area contributed by atoms with Crippen molar-refractivity contribution >= 4 is 17.4 Å². The van der Waals surface area contributed by atoms with Crippen molar-refractivity contribution < 1.29 is 24.2 Å². The van der Waals surface area contributed by atoms with E-state index < -0.39 is 17.7 Å². The van der Waals surface area contributed by atoms with Crippen molar-refractivity contribution in [3.8, 4) is 5.75 Å². The number of rotatable bonds is 6. The number of aryl methyl sites for hydroxylation is 1. The third-order valence-electron chi connectivity index (χ3n) is 6.06. The molecule has 33 heavy (non-hydrogen) atoms. The number of nitrogens with zero attached hydrogens (tertiary/aromatic N) is 2. The zero-order valence-corrected chi connectivity index (χ0v) is 18.4. The quantitative estimate of drug-likeness (QED) is 0.411. The van der Waals surface area contributed by atoms with Gasteiger partial charge in [-0.25, -0.2) is 0 Å². The van der Waals surface area contributed by atoms with Gasteiger partial charge >= 0.3 is 0 Å². The molecule has 2 aromatic rings. The summed E-state index contributed by atoms with van der Waals surface area (Å²) in [5.74, 6) is -0.728. The average molecular weight is 453 g/mol. The largest absolute Gasteiger partial charge is 0.507 e. The Morgan fingerprint density at radius 3 is 2.27 bits per heavy atom. The van der Waals surface area contributed by atoms with Gasteiger partial charge < -0.3 is 19.5 Å². The molecule has 2 heterocycles. The SMILES string of the molecule is C.COc1ccc(C2C(=C(O)c3ccc(C)cc3)C(=O)C(=O)N2CCN2CCOCC2)cc1. The number of hydrogen-bond donors (Lipinski definition) is 1. The first-order valence-electron chi connectivity index (χ1n) is 10.8. The van der Waals surface area contributed by atoms with Gasteiger partial charge in [0.15, 0.2) is 0 Å². The Labute approximate surface area is 195 Å². The number of carbonyl (C=O) groups excluding carboxylic acids is 2. The van der Waals surface area contributed by atoms with E-state index in [9.17, 15) is 14.7 Å². The molecule has 1 amide bonds. The lowest BCUT2D eigenvalue weighted by atomic mass is 9.95. The highest BCUT2D eigenvalue weighted by atomic mass is 16.5. The first-order valence-corrected chi connectivity index (χ1v) is 10.8. The number of ketones is 1. The van der Waals surface area contributed by atoms with E-state index in [-0.39, 0.29) is 18.8 Å². The molecule has 2 saturated heterocycles. The van der Waals surface area contributed by atoms with Gasteiger partial charge in [0, 0.05) is 31.7 Å². The van der Waals surface area contributed by atoms with Crippen molar-refractivity contribution in [2.24, 2.45) is 0 Å². The maximum atomic E-state index is 13.1. The highest BCUT2D eigenvalue weighted by Crippen LogP contribution is 2.39. The van der Waals surface area contributed by atoms with E-state index in [0.717, 1.165) is 24.2 Å². The zero-order valence-electron chi connectivity index (χ0n) is 18.4. The number of aliphatic hydroxyl groups excluding tert-OH is 1. The van der Waals surface area contributed by atoms with Crippen molar-refractivity contribution in [1.29, 1.82) is 0 Å². The highest BCUT2D eigenvalue weighted by Gasteiger charge is 2.46. The van der Waals surface area contributed by atoms with E-state index in [0.29, 0.717) is 37.6 Å². The molecule has 0 bridgehead atoms. The van der Waals surface area contributed by atoms with E-state index in [1.807, 2.05) is 31.2 Å². The van der Waals surface area contributed by atoms with Crippen molar-refractivity contribution in [3.05, 3.63) is 70.8 Å². The molecule has 0 spiro atoms. The molecule has 2 fully saturated rings. The number of benzene rings is 2. The summed E-state index contributed by atoms with van der Waals surface area (Å²) in [5.41, 5.74) is 2.42. The Balaban J connectivity index is 0.00000306. The molecule has 1 N–H and O–H groups in total. The van der Waals surface area contributed by atoms with E-state index in [2.05, 4.69) is 4.90 Å². The number of morpholine rings is 1. The third kappa shape index (κ3) is 5.10. The van der Waals surface area contributed by atoms with Crippen LogP contribution in [0.5, 0.6) is 5.75 Å². The second-order valence-electron chi connectivity index (χ2n) is 8.09. The van der Waals surface area contributed by atoms with Crippen molar-refractivity contribution in [2.45, 2.75) is 20.4 Å². The van der Waals surface area contributed by atoms with Gasteiger partial charge in [0.2, 0.25) is 0 Å². The molecule has 176 valence electrons. The van der Waals surface area contributed by atoms with Crippen LogP contribution in [0.3, 0.4) is 0 Å². The fraction of sp³-hybridized carbons (Fsp3) is 0.385. The van der Waals surface area contributed by atoms with Crippen LogP contribution in [0.2, 0.25) is 0 Å². The summed E-state index contributed by atoms with van der Waals surface area (Å²) in [6.07, 6.45) is 0. The van der Waals surface area contributed by atoms with Crippen LogP contribution < -0.4 is 4.74 Å². The van der Waals surface area contributed by atoms with E-state index in [1.54, 1.807) is 36.3 Å². The summed E-state index contributed by atoms with van der Waals surface area (Å²) in [5, 5.41) is 11.1. The highest BCUT2D eigenvalue weighted by molar-refractivity contribution is 6.46. The lowest BCUT2D eigenvalue weighted by Crippen LogP contribution is -2.42. The Morgan fingerprint density at radius 2 is 1.67 bits per heavy atom. The molecular formula is C26H32N2O5. The van der Waals surface area contributed by atoms with Crippen LogP contribution >= 0.6 is 0 Å². The Morgan fingerprint density at radius 1 is 1.03 bits per heavy atom. The average Bonchev–Trinajstić information content (AvgIpc) is 3.08. The summed E-state index contributed by atoms with van der Waals surface area (Å²) >= 11 is 0. The molecule has 0 saturated carbocycles. The second-order valence-corrected chi connectivity index (χ2v) is 8.09. The van der Waals surface area contributed by atoms with Gasteiger partial charge in [0.25, 0.3) is 11.7 Å². The number of likely N-dealkylation sites (tertiary alicyclic amines) is 1. The number of carbonyl (C=O) groups is 2. The van der Waals surface area contributed by atoms with Crippen LogP contribution in [-0.2, 0) is 14.3 Å². The molecule has 1 atom stereocenters. The van der Waals surface area contributed by atoms with Crippen LogP contribution in [-0.4, -0.2) is 73.1 Å². The van der Waals surface area contributed by atoms with Gasteiger partial charge in [-0.15, -0.1) is 0 Å². The summed E-state index contributed by atoms with van der Waals surface area (Å²) in [7, 11) is 1.58. The molecule has 2 aliphatic rings. The number of methoxy groups -OCH3 is 1. The van der Waals surface area contributed by atoms with Crippen LogP contribution in [0.25, 0.3) is 5.76 Å². The minimum absolute atomic E-state index is 0. The molecule has 4 rings (SSSR count). The molecule has 0 aliphatic carbocycles. The number of hydrogen-bond acceptors (Lipinski definition) is 6. The molecule has 0 aromatic heterocycles. The van der Waals surface area contributed by atoms with Gasteiger partial charge in [0.1, 0.15) is 11.5 Å². The number of aliphatic hydroxyl groups is 1. The minimum Gasteiger partial charge on any atom is -0.507 e. The van der Waals surface area contributed by atoms with Crippen molar-refractivity contribution in [2.75, 3.05) is 46.5 Å². The van der Waals surface area contributed by atoms with Crippen LogP contribution in [0.15, 0.2) is 54.1 Å². The van der Waals surface area contributed by atoms with Gasteiger partial charge in [-0.3, -0.25) is 14.5 Å². The molecule has 7 heteroatoms. The topological polar surface area (TPSA) is 79.3 Å². The van der Waals surface area contributed by atoms with Gasteiger partial charge in [0.05, 0.1) is 31.9 Å². The normalized spacial score (nSPS) is 20.5. The first kappa shape index (κ1) is 24.5. The number of amides is 1. The maximum Gasteiger partial charge on any atom is 0.295 e. The molecular weight excluding hydrogens is 420 g/mol. The van der Waals surface area contributed by atoms with E-state index >= 15 is 0 Å². The number of Topliss-reactive ketones (excluding diaryl/α,β-unsaturated/α-hetero) is 1. The molecule has 2 aliphatic heterocycles. The Hall–Kier alpha value is -3.16. The third-order valence-corrected chi connectivity index (χ3v) is 6.06. The van der Waals surface area contributed by atoms with Crippen LogP contribution in [0.4, 0.5) is 0 Å². The summed E-state index contributed by atoms with van der Waals surface area (Å²) in [6, 6.07) is 13.8. The summed E-state index contributed by atoms with van der Waals surface area (Å²) in [4.78, 5) is 29.9. The smallest absolute Gasteiger partial charge is 0.295 e. The lowest BCUT2D eigenvalue weighted by Gasteiger charge is -2.31. The molecule has 7 nitrogen and oxygen atoms in total. The molecule has 0 radical (unpaired) electrons. The second kappa shape index (κ2) is 10.6. The predicted octanol–water partition coefficient (Wildman–Crippen LogP) is 3.39. The fourth-order valence-corrected chi connectivity index (χ4v) is 4.18.